The molecule has 0 fully saturated rings. The number of nitrogens with zero attached hydrogens (tertiary/aromatic N) is 3. The fourth-order valence-corrected chi connectivity index (χ4v) is 4.82. The largest absolute Gasteiger partial charge is 0.508 e. The molecule has 3 aromatic rings. The van der Waals surface area contributed by atoms with Gasteiger partial charge in [-0.1, -0.05) is 24.3 Å². The summed E-state index contributed by atoms with van der Waals surface area (Å²) in [4.78, 5) is 30.4. The predicted molar refractivity (Wildman–Crippen MR) is 141 cm³/mol. The molecule has 0 bridgehead atoms. The molecule has 3 aromatic carbocycles. The highest BCUT2D eigenvalue weighted by Crippen LogP contribution is 2.38. The van der Waals surface area contributed by atoms with Gasteiger partial charge in [-0.3, -0.25) is 15.1 Å². The average Bonchev–Trinajstić information content (AvgIpc) is 3.43. The standard InChI is InChI=1S/C29H26N4O5/c1-31(21-8-10-22(34)11-9-21)29(36)33-13-4-7-25(30-33)23-15-26-27(38-18-37-26)16-24(23)28(35)32-14-12-19-5-2-3-6-20(19)17-32/h2-11,13,15-16,30,34H,12,14,17-18H2,1H3. The fraction of sp³-hybridized carbons (Fsp3) is 0.172. The van der Waals surface area contributed by atoms with E-state index in [2.05, 4.69) is 17.6 Å². The van der Waals surface area contributed by atoms with Crippen LogP contribution >= 0.6 is 0 Å². The minimum absolute atomic E-state index is 0.0813. The van der Waals surface area contributed by atoms with Crippen LogP contribution < -0.4 is 19.8 Å². The number of anilines is 1. The Kier molecular flexibility index (Phi) is 5.88. The number of urea groups is 1. The van der Waals surface area contributed by atoms with E-state index in [0.717, 1.165) is 12.0 Å². The van der Waals surface area contributed by atoms with Crippen LogP contribution in [0.5, 0.6) is 17.2 Å². The van der Waals surface area contributed by atoms with Gasteiger partial charge in [-0.25, -0.2) is 9.80 Å². The summed E-state index contributed by atoms with van der Waals surface area (Å²) in [7, 11) is 1.64. The van der Waals surface area contributed by atoms with Crippen molar-refractivity contribution in [1.82, 2.24) is 15.3 Å². The Morgan fingerprint density at radius 1 is 1.00 bits per heavy atom. The highest BCUT2D eigenvalue weighted by atomic mass is 16.7. The first-order valence-electron chi connectivity index (χ1n) is 12.3. The monoisotopic (exact) mass is 510 g/mol. The number of ether oxygens (including phenoxy) is 2. The van der Waals surface area contributed by atoms with Crippen LogP contribution in [-0.2, 0) is 13.0 Å². The van der Waals surface area contributed by atoms with Crippen LogP contribution in [0.4, 0.5) is 10.5 Å². The first-order chi connectivity index (χ1) is 18.5. The van der Waals surface area contributed by atoms with Crippen molar-refractivity contribution in [2.75, 3.05) is 25.3 Å². The number of carbonyl (C=O) groups is 2. The summed E-state index contributed by atoms with van der Waals surface area (Å²) in [5.41, 5.74) is 7.78. The molecule has 6 rings (SSSR count). The maximum absolute atomic E-state index is 13.9. The molecule has 3 aliphatic heterocycles. The van der Waals surface area contributed by atoms with E-state index in [1.54, 1.807) is 43.6 Å². The van der Waals surface area contributed by atoms with E-state index in [1.807, 2.05) is 23.1 Å². The Labute approximate surface area is 219 Å². The molecule has 192 valence electrons. The number of aromatic hydroxyl groups is 1. The van der Waals surface area contributed by atoms with Crippen molar-refractivity contribution in [3.05, 3.63) is 101 Å². The number of hydrogen-bond acceptors (Lipinski definition) is 6. The second-order valence-electron chi connectivity index (χ2n) is 9.26. The predicted octanol–water partition coefficient (Wildman–Crippen LogP) is 4.25. The summed E-state index contributed by atoms with van der Waals surface area (Å²) in [5, 5.41) is 10.9. The number of carbonyl (C=O) groups excluding carboxylic acids is 2. The van der Waals surface area contributed by atoms with Crippen LogP contribution in [-0.4, -0.2) is 47.3 Å². The summed E-state index contributed by atoms with van der Waals surface area (Å²) in [6.45, 7) is 1.22. The molecular formula is C29H26N4O5. The van der Waals surface area contributed by atoms with Gasteiger partial charge >= 0.3 is 6.03 Å². The van der Waals surface area contributed by atoms with Crippen LogP contribution in [0.25, 0.3) is 5.70 Å². The number of nitrogens with one attached hydrogen (secondary N) is 1. The average molecular weight is 511 g/mol. The van der Waals surface area contributed by atoms with E-state index >= 15 is 0 Å². The summed E-state index contributed by atoms with van der Waals surface area (Å²) in [6.07, 6.45) is 5.95. The quantitative estimate of drug-likeness (QED) is 0.547. The highest BCUT2D eigenvalue weighted by molar-refractivity contribution is 6.01. The van der Waals surface area contributed by atoms with Gasteiger partial charge in [0.05, 0.1) is 11.3 Å². The van der Waals surface area contributed by atoms with Gasteiger partial charge in [0.15, 0.2) is 11.5 Å². The number of benzene rings is 3. The number of phenolic OH excluding ortho intramolecular Hbond substituents is 1. The number of fused-ring (bicyclic) bond motifs is 2. The third kappa shape index (κ3) is 4.28. The summed E-state index contributed by atoms with van der Waals surface area (Å²) < 4.78 is 11.2. The number of rotatable bonds is 3. The van der Waals surface area contributed by atoms with Crippen molar-refractivity contribution in [3.63, 3.8) is 0 Å². The van der Waals surface area contributed by atoms with E-state index < -0.39 is 0 Å². The third-order valence-corrected chi connectivity index (χ3v) is 6.92. The molecular weight excluding hydrogens is 484 g/mol. The summed E-state index contributed by atoms with van der Waals surface area (Å²) >= 11 is 0. The van der Waals surface area contributed by atoms with Crippen LogP contribution in [0.2, 0.25) is 0 Å². The van der Waals surface area contributed by atoms with Crippen molar-refractivity contribution >= 4 is 23.3 Å². The number of amides is 3. The van der Waals surface area contributed by atoms with E-state index in [9.17, 15) is 14.7 Å². The second kappa shape index (κ2) is 9.51. The molecule has 3 aliphatic rings. The Morgan fingerprint density at radius 2 is 1.74 bits per heavy atom. The van der Waals surface area contributed by atoms with Crippen LogP contribution in [0.15, 0.2) is 79.0 Å². The van der Waals surface area contributed by atoms with Crippen LogP contribution in [0.1, 0.15) is 27.0 Å². The number of allylic oxidation sites excluding steroid dienone is 2. The molecule has 0 unspecified atom stereocenters. The summed E-state index contributed by atoms with van der Waals surface area (Å²) in [5.74, 6) is 1.05. The Hall–Kier alpha value is -4.92. The van der Waals surface area contributed by atoms with E-state index in [4.69, 9.17) is 9.47 Å². The molecule has 0 spiro atoms. The molecule has 0 aromatic heterocycles. The highest BCUT2D eigenvalue weighted by Gasteiger charge is 2.29. The SMILES string of the molecule is CN(C(=O)N1C=CC=C(c2cc3c(cc2C(=O)N2CCc4ccccc4C2)OCO3)N1)c1ccc(O)cc1. The van der Waals surface area contributed by atoms with Gasteiger partial charge in [0, 0.05) is 37.6 Å². The molecule has 0 saturated carbocycles. The lowest BCUT2D eigenvalue weighted by atomic mass is 9.97. The molecule has 0 aliphatic carbocycles. The molecule has 0 radical (unpaired) electrons. The molecule has 3 heterocycles. The van der Waals surface area contributed by atoms with Gasteiger partial charge < -0.3 is 19.5 Å². The first-order valence-corrected chi connectivity index (χ1v) is 12.3. The van der Waals surface area contributed by atoms with Gasteiger partial charge in [-0.05, 0) is 66.1 Å². The smallest absolute Gasteiger partial charge is 0.347 e. The molecule has 3 amide bonds. The normalized spacial score (nSPS) is 15.4. The Bertz CT molecular complexity index is 1480. The van der Waals surface area contributed by atoms with Gasteiger partial charge in [0.1, 0.15) is 5.75 Å². The first kappa shape index (κ1) is 23.5. The minimum atomic E-state index is -0.348. The maximum atomic E-state index is 13.9. The Morgan fingerprint density at radius 3 is 2.53 bits per heavy atom. The zero-order chi connectivity index (χ0) is 26.2. The molecule has 0 atom stereocenters. The lowest BCUT2D eigenvalue weighted by molar-refractivity contribution is 0.0734. The lowest BCUT2D eigenvalue weighted by Gasteiger charge is -2.31. The maximum Gasteiger partial charge on any atom is 0.347 e. The van der Waals surface area contributed by atoms with Crippen LogP contribution in [0.3, 0.4) is 0 Å². The molecule has 2 N–H and O–H groups in total. The second-order valence-corrected chi connectivity index (χ2v) is 9.26. The topological polar surface area (TPSA) is 94.6 Å². The molecule has 9 nitrogen and oxygen atoms in total. The van der Waals surface area contributed by atoms with E-state index in [0.29, 0.717) is 47.1 Å². The molecule has 38 heavy (non-hydrogen) atoms. The summed E-state index contributed by atoms with van der Waals surface area (Å²) in [6, 6.07) is 17.7. The zero-order valence-corrected chi connectivity index (χ0v) is 20.8. The Balaban J connectivity index is 1.29. The molecule has 9 heteroatoms. The number of hydrogen-bond donors (Lipinski definition) is 2. The van der Waals surface area contributed by atoms with Gasteiger partial charge in [0.25, 0.3) is 5.91 Å². The minimum Gasteiger partial charge on any atom is -0.508 e. The van der Waals surface area contributed by atoms with Crippen LogP contribution in [0, 0.1) is 0 Å². The number of hydrazine groups is 1. The van der Waals surface area contributed by atoms with Crippen molar-refractivity contribution < 1.29 is 24.2 Å². The van der Waals surface area contributed by atoms with E-state index in [-0.39, 0.29) is 24.5 Å². The number of phenols is 1. The van der Waals surface area contributed by atoms with Gasteiger partial charge in [0.2, 0.25) is 6.79 Å². The van der Waals surface area contributed by atoms with Crippen molar-refractivity contribution in [2.24, 2.45) is 0 Å². The van der Waals surface area contributed by atoms with Gasteiger partial charge in [-0.15, -0.1) is 0 Å². The fourth-order valence-electron chi connectivity index (χ4n) is 4.82. The zero-order valence-electron chi connectivity index (χ0n) is 20.8. The van der Waals surface area contributed by atoms with Crippen molar-refractivity contribution in [2.45, 2.75) is 13.0 Å². The van der Waals surface area contributed by atoms with Gasteiger partial charge in [-0.2, -0.15) is 0 Å². The molecule has 0 saturated heterocycles. The van der Waals surface area contributed by atoms with Crippen molar-refractivity contribution in [1.29, 1.82) is 0 Å². The van der Waals surface area contributed by atoms with Crippen molar-refractivity contribution in [3.8, 4) is 17.2 Å². The van der Waals surface area contributed by atoms with E-state index in [1.165, 1.54) is 27.6 Å². The lowest BCUT2D eigenvalue weighted by Crippen LogP contribution is -2.46. The third-order valence-electron chi connectivity index (χ3n) is 6.92.